The van der Waals surface area contributed by atoms with Gasteiger partial charge < -0.3 is 10.1 Å². The number of hydrogen-bond donors (Lipinski definition) is 2. The first-order chi connectivity index (χ1) is 10.3. The number of ether oxygens (including phenoxy) is 1. The first kappa shape index (κ1) is 18.4. The molecule has 0 unspecified atom stereocenters. The van der Waals surface area contributed by atoms with Crippen LogP contribution in [0.5, 0.6) is 0 Å². The Balaban J connectivity index is 2.37. The Morgan fingerprint density at radius 1 is 1.23 bits per heavy atom. The molecule has 0 aromatic heterocycles. The average Bonchev–Trinajstić information content (AvgIpc) is 2.52. The van der Waals surface area contributed by atoms with Gasteiger partial charge in [-0.15, -0.1) is 0 Å². The number of esters is 1. The molecule has 0 radical (unpaired) electrons. The monoisotopic (exact) mass is 335 g/mol. The fourth-order valence-electron chi connectivity index (χ4n) is 2.03. The van der Waals surface area contributed by atoms with Gasteiger partial charge in [-0.3, -0.25) is 14.9 Å². The summed E-state index contributed by atoms with van der Waals surface area (Å²) in [4.78, 5) is 34.0. The number of amides is 3. The van der Waals surface area contributed by atoms with E-state index in [-0.39, 0.29) is 18.8 Å². The molecule has 9 nitrogen and oxygen atoms in total. The molecule has 0 aromatic rings. The van der Waals surface area contributed by atoms with Crippen LogP contribution in [0.2, 0.25) is 0 Å². The van der Waals surface area contributed by atoms with Crippen molar-refractivity contribution in [2.24, 2.45) is 5.92 Å². The number of hydrogen-bond acceptors (Lipinski definition) is 6. The molecule has 1 rings (SSSR count). The standard InChI is InChI=1S/C12H21N3O6S/c1-3-22(19,20)15-6-4-9(5-7-15)11(17)21-8-10(16)14-12(18)13-2/h9H,3-8H2,1-2H3,(H2,13,14,16,18). The summed E-state index contributed by atoms with van der Waals surface area (Å²) in [6.07, 6.45) is 0.713. The molecule has 1 heterocycles. The number of nitrogens with zero attached hydrogens (tertiary/aromatic N) is 1. The van der Waals surface area contributed by atoms with E-state index < -0.39 is 40.5 Å². The van der Waals surface area contributed by atoms with Crippen LogP contribution in [0, 0.1) is 5.92 Å². The van der Waals surface area contributed by atoms with E-state index >= 15 is 0 Å². The molecular formula is C12H21N3O6S. The van der Waals surface area contributed by atoms with Crippen molar-refractivity contribution in [1.29, 1.82) is 0 Å². The highest BCUT2D eigenvalue weighted by Gasteiger charge is 2.31. The predicted molar refractivity (Wildman–Crippen MR) is 77.3 cm³/mol. The van der Waals surface area contributed by atoms with Crippen LogP contribution >= 0.6 is 0 Å². The van der Waals surface area contributed by atoms with Gasteiger partial charge in [-0.1, -0.05) is 0 Å². The highest BCUT2D eigenvalue weighted by Crippen LogP contribution is 2.20. The number of carbonyl (C=O) groups is 3. The molecule has 22 heavy (non-hydrogen) atoms. The highest BCUT2D eigenvalue weighted by atomic mass is 32.2. The highest BCUT2D eigenvalue weighted by molar-refractivity contribution is 7.89. The number of piperidine rings is 1. The van der Waals surface area contributed by atoms with Crippen LogP contribution in [0.4, 0.5) is 4.79 Å². The zero-order chi connectivity index (χ0) is 16.8. The van der Waals surface area contributed by atoms with Crippen molar-refractivity contribution in [2.75, 3.05) is 32.5 Å². The van der Waals surface area contributed by atoms with Gasteiger partial charge >= 0.3 is 12.0 Å². The average molecular weight is 335 g/mol. The Bertz CT molecular complexity index is 525. The lowest BCUT2D eigenvalue weighted by atomic mass is 9.98. The maximum atomic E-state index is 11.8. The third kappa shape index (κ3) is 5.26. The van der Waals surface area contributed by atoms with E-state index in [4.69, 9.17) is 4.74 Å². The zero-order valence-electron chi connectivity index (χ0n) is 12.6. The molecule has 1 aliphatic rings. The third-order valence-electron chi connectivity index (χ3n) is 3.37. The van der Waals surface area contributed by atoms with Gasteiger partial charge in [-0.2, -0.15) is 0 Å². The number of urea groups is 1. The molecule has 0 saturated carbocycles. The summed E-state index contributed by atoms with van der Waals surface area (Å²) in [5.41, 5.74) is 0. The number of imide groups is 1. The molecule has 1 aliphatic heterocycles. The van der Waals surface area contributed by atoms with Gasteiger partial charge in [0, 0.05) is 20.1 Å². The summed E-state index contributed by atoms with van der Waals surface area (Å²) >= 11 is 0. The van der Waals surface area contributed by atoms with E-state index in [9.17, 15) is 22.8 Å². The van der Waals surface area contributed by atoms with Crippen molar-refractivity contribution in [1.82, 2.24) is 14.9 Å². The molecule has 1 saturated heterocycles. The maximum absolute atomic E-state index is 11.8. The molecular weight excluding hydrogens is 314 g/mol. The third-order valence-corrected chi connectivity index (χ3v) is 5.25. The summed E-state index contributed by atoms with van der Waals surface area (Å²) in [6.45, 7) is 1.56. The Morgan fingerprint density at radius 2 is 1.82 bits per heavy atom. The predicted octanol–water partition coefficient (Wildman–Crippen LogP) is -0.953. The first-order valence-electron chi connectivity index (χ1n) is 6.96. The van der Waals surface area contributed by atoms with E-state index in [2.05, 4.69) is 5.32 Å². The number of sulfonamides is 1. The Kier molecular flexibility index (Phi) is 6.75. The molecule has 0 spiro atoms. The van der Waals surface area contributed by atoms with Crippen molar-refractivity contribution in [3.63, 3.8) is 0 Å². The molecule has 3 amide bonds. The normalized spacial score (nSPS) is 16.8. The summed E-state index contributed by atoms with van der Waals surface area (Å²) < 4.78 is 29.6. The lowest BCUT2D eigenvalue weighted by molar-refractivity contribution is -0.153. The smallest absolute Gasteiger partial charge is 0.321 e. The SMILES string of the molecule is CCS(=O)(=O)N1CCC(C(=O)OCC(=O)NC(=O)NC)CC1. The van der Waals surface area contributed by atoms with Gasteiger partial charge in [0.25, 0.3) is 5.91 Å². The summed E-state index contributed by atoms with van der Waals surface area (Å²) in [5, 5.41) is 4.17. The Labute approximate surface area is 129 Å². The molecule has 10 heteroatoms. The van der Waals surface area contributed by atoms with Crippen molar-refractivity contribution in [2.45, 2.75) is 19.8 Å². The van der Waals surface area contributed by atoms with Crippen LogP contribution in [-0.4, -0.2) is 63.1 Å². The van der Waals surface area contributed by atoms with Crippen molar-refractivity contribution < 1.29 is 27.5 Å². The van der Waals surface area contributed by atoms with Gasteiger partial charge in [0.05, 0.1) is 11.7 Å². The summed E-state index contributed by atoms with van der Waals surface area (Å²) in [7, 11) is -1.89. The second kappa shape index (κ2) is 8.08. The minimum atomic E-state index is -3.24. The zero-order valence-corrected chi connectivity index (χ0v) is 13.4. The van der Waals surface area contributed by atoms with Gasteiger partial charge in [0.15, 0.2) is 6.61 Å². The second-order valence-corrected chi connectivity index (χ2v) is 7.07. The lowest BCUT2D eigenvalue weighted by Gasteiger charge is -2.29. The Morgan fingerprint density at radius 3 is 2.32 bits per heavy atom. The molecule has 2 N–H and O–H groups in total. The van der Waals surface area contributed by atoms with Crippen LogP contribution in [0.15, 0.2) is 0 Å². The first-order valence-corrected chi connectivity index (χ1v) is 8.57. The van der Waals surface area contributed by atoms with Crippen molar-refractivity contribution >= 4 is 27.9 Å². The van der Waals surface area contributed by atoms with Gasteiger partial charge in [-0.05, 0) is 19.8 Å². The summed E-state index contributed by atoms with van der Waals surface area (Å²) in [6, 6.07) is -0.681. The quantitative estimate of drug-likeness (QED) is 0.625. The van der Waals surface area contributed by atoms with E-state index in [0.29, 0.717) is 12.8 Å². The van der Waals surface area contributed by atoms with Gasteiger partial charge in [0.2, 0.25) is 10.0 Å². The molecule has 0 bridgehead atoms. The van der Waals surface area contributed by atoms with Crippen LogP contribution < -0.4 is 10.6 Å². The molecule has 0 atom stereocenters. The maximum Gasteiger partial charge on any atom is 0.321 e. The van der Waals surface area contributed by atoms with E-state index in [1.54, 1.807) is 6.92 Å². The minimum Gasteiger partial charge on any atom is -0.455 e. The fraction of sp³-hybridized carbons (Fsp3) is 0.750. The lowest BCUT2D eigenvalue weighted by Crippen LogP contribution is -2.42. The van der Waals surface area contributed by atoms with Crippen LogP contribution in [0.25, 0.3) is 0 Å². The number of carbonyl (C=O) groups excluding carboxylic acids is 3. The molecule has 0 aliphatic carbocycles. The van der Waals surface area contributed by atoms with E-state index in [0.717, 1.165) is 0 Å². The topological polar surface area (TPSA) is 122 Å². The van der Waals surface area contributed by atoms with E-state index in [1.807, 2.05) is 5.32 Å². The fourth-order valence-corrected chi connectivity index (χ4v) is 3.16. The van der Waals surface area contributed by atoms with Crippen LogP contribution in [0.3, 0.4) is 0 Å². The molecule has 0 aromatic carbocycles. The number of nitrogens with one attached hydrogen (secondary N) is 2. The largest absolute Gasteiger partial charge is 0.455 e. The van der Waals surface area contributed by atoms with Gasteiger partial charge in [-0.25, -0.2) is 17.5 Å². The summed E-state index contributed by atoms with van der Waals surface area (Å²) in [5.74, 6) is -1.68. The van der Waals surface area contributed by atoms with Crippen molar-refractivity contribution in [3.8, 4) is 0 Å². The van der Waals surface area contributed by atoms with Crippen LogP contribution in [-0.2, 0) is 24.3 Å². The molecule has 1 fully saturated rings. The molecule has 126 valence electrons. The van der Waals surface area contributed by atoms with E-state index in [1.165, 1.54) is 11.4 Å². The van der Waals surface area contributed by atoms with Crippen molar-refractivity contribution in [3.05, 3.63) is 0 Å². The number of rotatable bonds is 5. The Hall–Kier alpha value is -1.68. The minimum absolute atomic E-state index is 0.0295. The second-order valence-electron chi connectivity index (χ2n) is 4.81. The van der Waals surface area contributed by atoms with Crippen LogP contribution in [0.1, 0.15) is 19.8 Å². The van der Waals surface area contributed by atoms with Gasteiger partial charge in [0.1, 0.15) is 0 Å².